The highest BCUT2D eigenvalue weighted by Crippen LogP contribution is 2.20. The maximum atomic E-state index is 4.53. The van der Waals surface area contributed by atoms with Gasteiger partial charge in [0.1, 0.15) is 6.33 Å². The zero-order chi connectivity index (χ0) is 12.4. The van der Waals surface area contributed by atoms with Gasteiger partial charge in [-0.1, -0.05) is 12.1 Å². The van der Waals surface area contributed by atoms with Gasteiger partial charge in [-0.3, -0.25) is 4.57 Å². The van der Waals surface area contributed by atoms with E-state index in [0.717, 1.165) is 23.3 Å². The van der Waals surface area contributed by atoms with Gasteiger partial charge in [0.2, 0.25) is 5.95 Å². The van der Waals surface area contributed by atoms with Crippen molar-refractivity contribution < 1.29 is 0 Å². The number of nitrogens with one attached hydrogen (secondary N) is 1. The standard InChI is InChI=1S/C13H13N5/c1-2-15-13-16-11-6-4-3-5-10(11)12(17-13)18-8-7-14-9-18/h3-9H,2H2,1H3,(H,15,16,17). The first kappa shape index (κ1) is 10.7. The number of hydrogen-bond acceptors (Lipinski definition) is 4. The molecule has 0 bridgehead atoms. The molecular weight excluding hydrogens is 226 g/mol. The Bertz CT molecular complexity index is 660. The molecule has 90 valence electrons. The van der Waals surface area contributed by atoms with E-state index in [4.69, 9.17) is 0 Å². The van der Waals surface area contributed by atoms with Gasteiger partial charge in [-0.15, -0.1) is 0 Å². The molecule has 0 spiro atoms. The van der Waals surface area contributed by atoms with Gasteiger partial charge in [0.15, 0.2) is 5.82 Å². The quantitative estimate of drug-likeness (QED) is 0.761. The number of nitrogens with zero attached hydrogens (tertiary/aromatic N) is 4. The van der Waals surface area contributed by atoms with Crippen molar-refractivity contribution in [2.75, 3.05) is 11.9 Å². The maximum Gasteiger partial charge on any atom is 0.225 e. The molecule has 0 saturated heterocycles. The lowest BCUT2D eigenvalue weighted by Crippen LogP contribution is -2.06. The predicted molar refractivity (Wildman–Crippen MR) is 70.8 cm³/mol. The molecule has 2 heterocycles. The van der Waals surface area contributed by atoms with E-state index in [2.05, 4.69) is 20.3 Å². The summed E-state index contributed by atoms with van der Waals surface area (Å²) in [6.45, 7) is 2.82. The molecule has 3 aromatic rings. The fourth-order valence-corrected chi connectivity index (χ4v) is 1.88. The van der Waals surface area contributed by atoms with Gasteiger partial charge in [-0.2, -0.15) is 4.98 Å². The summed E-state index contributed by atoms with van der Waals surface area (Å²) in [5.41, 5.74) is 0.923. The molecule has 0 aliphatic rings. The lowest BCUT2D eigenvalue weighted by molar-refractivity contribution is 0.985. The third kappa shape index (κ3) is 1.79. The van der Waals surface area contributed by atoms with Crippen molar-refractivity contribution in [2.24, 2.45) is 0 Å². The minimum atomic E-state index is 0.639. The topological polar surface area (TPSA) is 55.6 Å². The number of rotatable bonds is 3. The van der Waals surface area contributed by atoms with Crippen LogP contribution in [-0.4, -0.2) is 26.1 Å². The molecule has 2 aromatic heterocycles. The van der Waals surface area contributed by atoms with E-state index < -0.39 is 0 Å². The van der Waals surface area contributed by atoms with Crippen molar-refractivity contribution in [3.63, 3.8) is 0 Å². The van der Waals surface area contributed by atoms with Gasteiger partial charge < -0.3 is 5.32 Å². The summed E-state index contributed by atoms with van der Waals surface area (Å²) >= 11 is 0. The van der Waals surface area contributed by atoms with Crippen molar-refractivity contribution in [3.05, 3.63) is 43.0 Å². The van der Waals surface area contributed by atoms with Crippen molar-refractivity contribution in [1.29, 1.82) is 0 Å². The van der Waals surface area contributed by atoms with Crippen molar-refractivity contribution in [2.45, 2.75) is 6.92 Å². The van der Waals surface area contributed by atoms with Crippen LogP contribution in [0.1, 0.15) is 6.92 Å². The lowest BCUT2D eigenvalue weighted by Gasteiger charge is -2.09. The summed E-state index contributed by atoms with van der Waals surface area (Å²) in [6, 6.07) is 7.96. The molecule has 0 fully saturated rings. The average Bonchev–Trinajstić information content (AvgIpc) is 2.92. The van der Waals surface area contributed by atoms with Crippen LogP contribution in [0.15, 0.2) is 43.0 Å². The molecule has 0 unspecified atom stereocenters. The minimum Gasteiger partial charge on any atom is -0.354 e. The normalized spacial score (nSPS) is 10.7. The van der Waals surface area contributed by atoms with E-state index in [1.807, 2.05) is 42.0 Å². The number of hydrogen-bond donors (Lipinski definition) is 1. The van der Waals surface area contributed by atoms with Crippen LogP contribution < -0.4 is 5.32 Å². The highest BCUT2D eigenvalue weighted by Gasteiger charge is 2.08. The van der Waals surface area contributed by atoms with Crippen LogP contribution in [0.4, 0.5) is 5.95 Å². The molecule has 0 amide bonds. The Kier molecular flexibility index (Phi) is 2.64. The molecule has 0 aliphatic heterocycles. The van der Waals surface area contributed by atoms with Gasteiger partial charge >= 0.3 is 0 Å². The summed E-state index contributed by atoms with van der Waals surface area (Å²) in [6.07, 6.45) is 5.36. The zero-order valence-corrected chi connectivity index (χ0v) is 10.0. The summed E-state index contributed by atoms with van der Waals surface area (Å²) in [7, 11) is 0. The first-order valence-corrected chi connectivity index (χ1v) is 5.87. The Morgan fingerprint density at radius 3 is 2.89 bits per heavy atom. The Hall–Kier alpha value is -2.43. The summed E-state index contributed by atoms with van der Waals surface area (Å²) in [5, 5.41) is 4.16. The Morgan fingerprint density at radius 2 is 2.11 bits per heavy atom. The number of fused-ring (bicyclic) bond motifs is 1. The molecule has 0 aliphatic carbocycles. The van der Waals surface area contributed by atoms with Crippen LogP contribution in [0, 0.1) is 0 Å². The monoisotopic (exact) mass is 239 g/mol. The van der Waals surface area contributed by atoms with Crippen LogP contribution in [-0.2, 0) is 0 Å². The van der Waals surface area contributed by atoms with Gasteiger partial charge in [0, 0.05) is 24.3 Å². The Balaban J connectivity index is 2.27. The fraction of sp³-hybridized carbons (Fsp3) is 0.154. The number of benzene rings is 1. The van der Waals surface area contributed by atoms with Crippen LogP contribution >= 0.6 is 0 Å². The van der Waals surface area contributed by atoms with Crippen LogP contribution in [0.3, 0.4) is 0 Å². The van der Waals surface area contributed by atoms with Gasteiger partial charge in [0.05, 0.1) is 5.52 Å². The first-order chi connectivity index (χ1) is 8.88. The van der Waals surface area contributed by atoms with Crippen molar-refractivity contribution in [3.8, 4) is 5.82 Å². The average molecular weight is 239 g/mol. The summed E-state index contributed by atoms with van der Waals surface area (Å²) in [5.74, 6) is 1.48. The fourth-order valence-electron chi connectivity index (χ4n) is 1.88. The second-order valence-corrected chi connectivity index (χ2v) is 3.89. The summed E-state index contributed by atoms with van der Waals surface area (Å²) in [4.78, 5) is 13.1. The van der Waals surface area contributed by atoms with Crippen LogP contribution in [0.5, 0.6) is 0 Å². The van der Waals surface area contributed by atoms with E-state index in [0.29, 0.717) is 5.95 Å². The van der Waals surface area contributed by atoms with Crippen molar-refractivity contribution in [1.82, 2.24) is 19.5 Å². The third-order valence-electron chi connectivity index (χ3n) is 2.67. The first-order valence-electron chi connectivity index (χ1n) is 5.87. The van der Waals surface area contributed by atoms with E-state index in [1.54, 1.807) is 12.5 Å². The van der Waals surface area contributed by atoms with Gasteiger partial charge in [-0.05, 0) is 19.1 Å². The molecule has 5 heteroatoms. The second kappa shape index (κ2) is 4.44. The number of aromatic nitrogens is 4. The largest absolute Gasteiger partial charge is 0.354 e. The SMILES string of the molecule is CCNc1nc(-n2ccnc2)c2ccccc2n1. The van der Waals surface area contributed by atoms with Gasteiger partial charge in [0.25, 0.3) is 0 Å². The predicted octanol–water partition coefficient (Wildman–Crippen LogP) is 2.25. The lowest BCUT2D eigenvalue weighted by atomic mass is 10.2. The van der Waals surface area contributed by atoms with E-state index >= 15 is 0 Å². The zero-order valence-electron chi connectivity index (χ0n) is 10.0. The van der Waals surface area contributed by atoms with Crippen molar-refractivity contribution >= 4 is 16.9 Å². The second-order valence-electron chi connectivity index (χ2n) is 3.89. The van der Waals surface area contributed by atoms with Gasteiger partial charge in [-0.25, -0.2) is 9.97 Å². The Morgan fingerprint density at radius 1 is 1.22 bits per heavy atom. The summed E-state index contributed by atoms with van der Waals surface area (Å²) < 4.78 is 1.89. The maximum absolute atomic E-state index is 4.53. The van der Waals surface area contributed by atoms with E-state index in [1.165, 1.54) is 0 Å². The molecule has 1 aromatic carbocycles. The molecule has 1 N–H and O–H groups in total. The molecule has 0 atom stereocenters. The smallest absolute Gasteiger partial charge is 0.225 e. The third-order valence-corrected chi connectivity index (χ3v) is 2.67. The van der Waals surface area contributed by atoms with E-state index in [-0.39, 0.29) is 0 Å². The molecule has 3 rings (SSSR count). The molecular formula is C13H13N5. The highest BCUT2D eigenvalue weighted by molar-refractivity contribution is 5.86. The Labute approximate surface area is 105 Å². The number of para-hydroxylation sites is 1. The number of anilines is 1. The number of imidazole rings is 1. The minimum absolute atomic E-state index is 0.639. The van der Waals surface area contributed by atoms with Crippen LogP contribution in [0.25, 0.3) is 16.7 Å². The molecule has 0 saturated carbocycles. The molecule has 0 radical (unpaired) electrons. The molecule has 18 heavy (non-hydrogen) atoms. The van der Waals surface area contributed by atoms with E-state index in [9.17, 15) is 0 Å². The van der Waals surface area contributed by atoms with Crippen LogP contribution in [0.2, 0.25) is 0 Å². The molecule has 5 nitrogen and oxygen atoms in total. The highest BCUT2D eigenvalue weighted by atomic mass is 15.2.